The second-order valence-corrected chi connectivity index (χ2v) is 5.27. The van der Waals surface area contributed by atoms with E-state index < -0.39 is 0 Å². The molecule has 0 saturated heterocycles. The second kappa shape index (κ2) is 4.77. The molecule has 3 rings (SSSR count). The Labute approximate surface area is 119 Å². The van der Waals surface area contributed by atoms with E-state index in [4.69, 9.17) is 15.2 Å². The van der Waals surface area contributed by atoms with E-state index >= 15 is 0 Å². The molecule has 100 valence electrons. The van der Waals surface area contributed by atoms with Gasteiger partial charge in [0.15, 0.2) is 11.5 Å². The number of nitrogens with two attached hydrogens (primary N) is 1. The smallest absolute Gasteiger partial charge is 0.175 e. The number of ether oxygens (including phenoxy) is 2. The minimum Gasteiger partial charge on any atom is -0.489 e. The van der Waals surface area contributed by atoms with Crippen molar-refractivity contribution in [3.63, 3.8) is 0 Å². The molecular weight excluding hydrogens is 310 g/mol. The van der Waals surface area contributed by atoms with Crippen molar-refractivity contribution >= 4 is 21.7 Å². The summed E-state index contributed by atoms with van der Waals surface area (Å²) in [4.78, 5) is 0. The Kier molecular flexibility index (Phi) is 3.10. The SMILES string of the molecule is Cn1nc(-c2cc(Br)c3c(c2)OCCCO3)cc1N. The number of fused-ring (bicyclic) bond motifs is 1. The molecule has 2 aromatic rings. The fraction of sp³-hybridized carbons (Fsp3) is 0.308. The maximum absolute atomic E-state index is 5.81. The predicted octanol–water partition coefficient (Wildman–Crippen LogP) is 2.59. The van der Waals surface area contributed by atoms with Crippen molar-refractivity contribution in [1.82, 2.24) is 9.78 Å². The monoisotopic (exact) mass is 323 g/mol. The summed E-state index contributed by atoms with van der Waals surface area (Å²) in [6.07, 6.45) is 0.882. The Morgan fingerprint density at radius 3 is 2.79 bits per heavy atom. The van der Waals surface area contributed by atoms with E-state index in [1.165, 1.54) is 0 Å². The van der Waals surface area contributed by atoms with E-state index in [9.17, 15) is 0 Å². The first-order valence-corrected chi connectivity index (χ1v) is 6.83. The normalized spacial score (nSPS) is 14.2. The second-order valence-electron chi connectivity index (χ2n) is 4.41. The van der Waals surface area contributed by atoms with Crippen LogP contribution in [0.2, 0.25) is 0 Å². The fourth-order valence-electron chi connectivity index (χ4n) is 2.00. The van der Waals surface area contributed by atoms with Crippen molar-refractivity contribution < 1.29 is 9.47 Å². The highest BCUT2D eigenvalue weighted by molar-refractivity contribution is 9.10. The van der Waals surface area contributed by atoms with Crippen LogP contribution in [0.4, 0.5) is 5.82 Å². The van der Waals surface area contributed by atoms with Gasteiger partial charge in [-0.15, -0.1) is 0 Å². The van der Waals surface area contributed by atoms with Crippen molar-refractivity contribution in [1.29, 1.82) is 0 Å². The maximum Gasteiger partial charge on any atom is 0.175 e. The number of aromatic nitrogens is 2. The first-order valence-electron chi connectivity index (χ1n) is 6.04. The molecule has 6 heteroatoms. The van der Waals surface area contributed by atoms with Crippen LogP contribution in [0.5, 0.6) is 11.5 Å². The van der Waals surface area contributed by atoms with Gasteiger partial charge in [0.05, 0.1) is 23.4 Å². The van der Waals surface area contributed by atoms with Crippen LogP contribution in [0, 0.1) is 0 Å². The lowest BCUT2D eigenvalue weighted by Crippen LogP contribution is -1.97. The zero-order chi connectivity index (χ0) is 13.4. The van der Waals surface area contributed by atoms with Crippen LogP contribution < -0.4 is 15.2 Å². The van der Waals surface area contributed by atoms with Gasteiger partial charge < -0.3 is 15.2 Å². The van der Waals surface area contributed by atoms with Gasteiger partial charge >= 0.3 is 0 Å². The molecule has 1 aliphatic heterocycles. The summed E-state index contributed by atoms with van der Waals surface area (Å²) < 4.78 is 13.9. The molecule has 0 saturated carbocycles. The van der Waals surface area contributed by atoms with Crippen LogP contribution in [0.15, 0.2) is 22.7 Å². The first-order chi connectivity index (χ1) is 9.15. The Balaban J connectivity index is 2.08. The Hall–Kier alpha value is -1.69. The van der Waals surface area contributed by atoms with Crippen LogP contribution in [0.1, 0.15) is 6.42 Å². The summed E-state index contributed by atoms with van der Waals surface area (Å²) in [6.45, 7) is 1.33. The number of hydrogen-bond acceptors (Lipinski definition) is 4. The Bertz CT molecular complexity index is 605. The van der Waals surface area contributed by atoms with Crippen molar-refractivity contribution in [2.45, 2.75) is 6.42 Å². The van der Waals surface area contributed by atoms with Gasteiger partial charge in [0.25, 0.3) is 0 Å². The first kappa shape index (κ1) is 12.3. The summed E-state index contributed by atoms with van der Waals surface area (Å²) in [7, 11) is 1.82. The molecular formula is C13H14BrN3O2. The number of anilines is 1. The van der Waals surface area contributed by atoms with E-state index in [-0.39, 0.29) is 0 Å². The molecule has 2 N–H and O–H groups in total. The van der Waals surface area contributed by atoms with Gasteiger partial charge in [-0.05, 0) is 28.1 Å². The number of benzene rings is 1. The van der Waals surface area contributed by atoms with Crippen LogP contribution in [-0.2, 0) is 7.05 Å². The van der Waals surface area contributed by atoms with Crippen molar-refractivity contribution in [2.24, 2.45) is 7.05 Å². The van der Waals surface area contributed by atoms with E-state index in [0.29, 0.717) is 19.0 Å². The summed E-state index contributed by atoms with van der Waals surface area (Å²) in [5.41, 5.74) is 7.58. The number of nitrogens with zero attached hydrogens (tertiary/aromatic N) is 2. The molecule has 19 heavy (non-hydrogen) atoms. The third kappa shape index (κ3) is 2.28. The Morgan fingerprint density at radius 2 is 2.05 bits per heavy atom. The van der Waals surface area contributed by atoms with Gasteiger partial charge in [-0.2, -0.15) is 5.10 Å². The number of nitrogen functional groups attached to an aromatic ring is 1. The van der Waals surface area contributed by atoms with E-state index in [1.54, 1.807) is 4.68 Å². The predicted molar refractivity (Wildman–Crippen MR) is 76.4 cm³/mol. The van der Waals surface area contributed by atoms with Gasteiger partial charge in [0.1, 0.15) is 5.82 Å². The van der Waals surface area contributed by atoms with Crippen LogP contribution in [-0.4, -0.2) is 23.0 Å². The van der Waals surface area contributed by atoms with Crippen molar-refractivity contribution in [3.05, 3.63) is 22.7 Å². The molecule has 0 atom stereocenters. The third-order valence-electron chi connectivity index (χ3n) is 3.01. The summed E-state index contributed by atoms with van der Waals surface area (Å²) in [5, 5.41) is 4.37. The molecule has 5 nitrogen and oxygen atoms in total. The minimum atomic E-state index is 0.623. The van der Waals surface area contributed by atoms with E-state index in [1.807, 2.05) is 25.2 Å². The third-order valence-corrected chi connectivity index (χ3v) is 3.60. The van der Waals surface area contributed by atoms with Gasteiger partial charge in [0.2, 0.25) is 0 Å². The summed E-state index contributed by atoms with van der Waals surface area (Å²) in [6, 6.07) is 5.74. The molecule has 1 aromatic heterocycles. The van der Waals surface area contributed by atoms with Gasteiger partial charge in [-0.1, -0.05) is 0 Å². The lowest BCUT2D eigenvalue weighted by atomic mass is 10.1. The van der Waals surface area contributed by atoms with Crippen LogP contribution in [0.25, 0.3) is 11.3 Å². The molecule has 1 aromatic carbocycles. The van der Waals surface area contributed by atoms with E-state index in [0.717, 1.165) is 33.6 Å². The average molecular weight is 324 g/mol. The van der Waals surface area contributed by atoms with Gasteiger partial charge in [-0.25, -0.2) is 0 Å². The van der Waals surface area contributed by atoms with Crippen molar-refractivity contribution in [3.8, 4) is 22.8 Å². The minimum absolute atomic E-state index is 0.623. The molecule has 0 bridgehead atoms. The largest absolute Gasteiger partial charge is 0.489 e. The highest BCUT2D eigenvalue weighted by atomic mass is 79.9. The highest BCUT2D eigenvalue weighted by Crippen LogP contribution is 2.40. The molecule has 0 amide bonds. The summed E-state index contributed by atoms with van der Waals surface area (Å²) in [5.74, 6) is 2.12. The molecule has 1 aliphatic rings. The molecule has 0 unspecified atom stereocenters. The van der Waals surface area contributed by atoms with E-state index in [2.05, 4.69) is 21.0 Å². The number of halogens is 1. The molecule has 0 aliphatic carbocycles. The number of rotatable bonds is 1. The molecule has 2 heterocycles. The lowest BCUT2D eigenvalue weighted by Gasteiger charge is -2.10. The maximum atomic E-state index is 5.81. The van der Waals surface area contributed by atoms with Gasteiger partial charge in [-0.3, -0.25) is 4.68 Å². The molecule has 0 fully saturated rings. The number of aryl methyl sites for hydroxylation is 1. The quantitative estimate of drug-likeness (QED) is 0.876. The number of hydrogen-bond donors (Lipinski definition) is 1. The van der Waals surface area contributed by atoms with Crippen molar-refractivity contribution in [2.75, 3.05) is 18.9 Å². The lowest BCUT2D eigenvalue weighted by molar-refractivity contribution is 0.296. The average Bonchev–Trinajstić information content (AvgIpc) is 2.61. The Morgan fingerprint density at radius 1 is 1.26 bits per heavy atom. The molecule has 0 radical (unpaired) electrons. The zero-order valence-electron chi connectivity index (χ0n) is 10.5. The topological polar surface area (TPSA) is 62.3 Å². The molecule has 0 spiro atoms. The summed E-state index contributed by atoms with van der Waals surface area (Å²) >= 11 is 3.52. The van der Waals surface area contributed by atoms with Crippen LogP contribution in [0.3, 0.4) is 0 Å². The van der Waals surface area contributed by atoms with Gasteiger partial charge in [0, 0.05) is 25.1 Å². The van der Waals surface area contributed by atoms with Crippen LogP contribution >= 0.6 is 15.9 Å². The zero-order valence-corrected chi connectivity index (χ0v) is 12.1. The standard InChI is InChI=1S/C13H14BrN3O2/c1-17-12(15)7-10(16-17)8-5-9(14)13-11(6-8)18-3-2-4-19-13/h5-7H,2-4,15H2,1H3. The highest BCUT2D eigenvalue weighted by Gasteiger charge is 2.17. The fourth-order valence-corrected chi connectivity index (χ4v) is 2.56.